The summed E-state index contributed by atoms with van der Waals surface area (Å²) in [5.74, 6) is 1.78. The highest BCUT2D eigenvalue weighted by atomic mass is 14.9. The minimum Gasteiger partial charge on any atom is -0.345 e. The van der Waals surface area contributed by atoms with E-state index in [1.54, 1.807) is 0 Å². The van der Waals surface area contributed by atoms with E-state index in [1.165, 1.54) is 97.8 Å². The van der Waals surface area contributed by atoms with Crippen LogP contribution < -0.4 is 0 Å². The topological polar surface area (TPSA) is 28.7 Å². The Hall–Kier alpha value is -2.35. The highest BCUT2D eigenvalue weighted by Gasteiger charge is 2.13. The van der Waals surface area contributed by atoms with Crippen LogP contribution in [0.25, 0.3) is 11.3 Å². The molecule has 1 heterocycles. The van der Waals surface area contributed by atoms with E-state index in [1.807, 2.05) is 0 Å². The first-order valence-corrected chi connectivity index (χ1v) is 14.3. The molecule has 0 bridgehead atoms. The van der Waals surface area contributed by atoms with Gasteiger partial charge in [0, 0.05) is 17.7 Å². The van der Waals surface area contributed by atoms with Crippen LogP contribution in [0.3, 0.4) is 0 Å². The predicted molar refractivity (Wildman–Crippen MR) is 152 cm³/mol. The first kappa shape index (κ1) is 27.2. The van der Waals surface area contributed by atoms with Gasteiger partial charge in [-0.3, -0.25) is 0 Å². The summed E-state index contributed by atoms with van der Waals surface area (Å²) in [5.41, 5.74) is 7.96. The van der Waals surface area contributed by atoms with E-state index in [0.29, 0.717) is 5.92 Å². The number of hydrogen-bond donors (Lipinski definition) is 1. The molecule has 0 aliphatic heterocycles. The summed E-state index contributed by atoms with van der Waals surface area (Å²) >= 11 is 0. The van der Waals surface area contributed by atoms with E-state index in [-0.39, 0.29) is 0 Å². The van der Waals surface area contributed by atoms with Gasteiger partial charge in [-0.15, -0.1) is 0 Å². The Bertz CT molecular complexity index is 981. The van der Waals surface area contributed by atoms with Crippen LogP contribution >= 0.6 is 0 Å². The van der Waals surface area contributed by atoms with Crippen molar-refractivity contribution in [2.24, 2.45) is 5.92 Å². The molecule has 3 aromatic rings. The number of rotatable bonds is 16. The van der Waals surface area contributed by atoms with Gasteiger partial charge in [-0.1, -0.05) is 115 Å². The summed E-state index contributed by atoms with van der Waals surface area (Å²) in [6.45, 7) is 9.12. The molecule has 0 aliphatic carbocycles. The van der Waals surface area contributed by atoms with Crippen LogP contribution in [-0.2, 0) is 25.7 Å². The van der Waals surface area contributed by atoms with Gasteiger partial charge >= 0.3 is 0 Å². The number of aromatic nitrogens is 2. The Kier molecular flexibility index (Phi) is 11.6. The molecule has 0 atom stereocenters. The molecular weight excluding hydrogens is 424 g/mol. The van der Waals surface area contributed by atoms with Gasteiger partial charge in [0.2, 0.25) is 0 Å². The van der Waals surface area contributed by atoms with Crippen LogP contribution in [-0.4, -0.2) is 9.97 Å². The maximum Gasteiger partial charge on any atom is 0.111 e. The van der Waals surface area contributed by atoms with Crippen LogP contribution in [0.1, 0.15) is 114 Å². The van der Waals surface area contributed by atoms with Crippen LogP contribution in [0.4, 0.5) is 0 Å². The number of hydrogen-bond acceptors (Lipinski definition) is 1. The third-order valence-corrected chi connectivity index (χ3v) is 6.92. The second-order valence-corrected chi connectivity index (χ2v) is 10.8. The molecule has 0 amide bonds. The molecule has 0 radical (unpaired) electrons. The Labute approximate surface area is 215 Å². The average Bonchev–Trinajstić information content (AvgIpc) is 3.25. The third-order valence-electron chi connectivity index (χ3n) is 6.92. The Morgan fingerprint density at radius 3 is 2.09 bits per heavy atom. The Morgan fingerprint density at radius 2 is 1.37 bits per heavy atom. The van der Waals surface area contributed by atoms with Crippen LogP contribution in [0.5, 0.6) is 0 Å². The third kappa shape index (κ3) is 9.32. The molecule has 1 N–H and O–H groups in total. The molecule has 2 nitrogen and oxygen atoms in total. The van der Waals surface area contributed by atoms with Gasteiger partial charge in [-0.25, -0.2) is 4.98 Å². The van der Waals surface area contributed by atoms with Crippen LogP contribution in [0, 0.1) is 5.92 Å². The summed E-state index contributed by atoms with van der Waals surface area (Å²) in [6.07, 6.45) is 16.0. The van der Waals surface area contributed by atoms with Crippen molar-refractivity contribution in [3.8, 4) is 11.3 Å². The molecule has 0 spiro atoms. The van der Waals surface area contributed by atoms with E-state index in [0.717, 1.165) is 25.1 Å². The Balaban J connectivity index is 1.76. The molecule has 2 heteroatoms. The molecular formula is C33H48N2. The maximum atomic E-state index is 5.16. The zero-order chi connectivity index (χ0) is 24.9. The molecule has 0 unspecified atom stereocenters. The van der Waals surface area contributed by atoms with E-state index in [9.17, 15) is 0 Å². The van der Waals surface area contributed by atoms with Crippen molar-refractivity contribution in [1.29, 1.82) is 0 Å². The fourth-order valence-electron chi connectivity index (χ4n) is 4.96. The van der Waals surface area contributed by atoms with Gasteiger partial charge in [-0.2, -0.15) is 0 Å². The first-order chi connectivity index (χ1) is 17.1. The zero-order valence-electron chi connectivity index (χ0n) is 22.8. The lowest BCUT2D eigenvalue weighted by molar-refractivity contribution is 0.629. The maximum absolute atomic E-state index is 5.16. The molecule has 190 valence electrons. The number of aryl methyl sites for hydroxylation is 2. The lowest BCUT2D eigenvalue weighted by Gasteiger charge is -2.06. The van der Waals surface area contributed by atoms with Gasteiger partial charge in [0.25, 0.3) is 0 Å². The number of imidazole rings is 1. The van der Waals surface area contributed by atoms with Gasteiger partial charge in [0.05, 0.1) is 5.69 Å². The monoisotopic (exact) mass is 472 g/mol. The van der Waals surface area contributed by atoms with Gasteiger partial charge in [0.1, 0.15) is 5.82 Å². The lowest BCUT2D eigenvalue weighted by atomic mass is 10.0. The summed E-state index contributed by atoms with van der Waals surface area (Å²) < 4.78 is 0. The van der Waals surface area contributed by atoms with Crippen molar-refractivity contribution in [1.82, 2.24) is 9.97 Å². The Morgan fingerprint density at radius 1 is 0.714 bits per heavy atom. The normalized spacial score (nSPS) is 11.5. The van der Waals surface area contributed by atoms with Crippen LogP contribution in [0.2, 0.25) is 0 Å². The van der Waals surface area contributed by atoms with Crippen LogP contribution in [0.15, 0.2) is 48.5 Å². The minimum absolute atomic E-state index is 0.691. The largest absolute Gasteiger partial charge is 0.345 e. The summed E-state index contributed by atoms with van der Waals surface area (Å²) in [6, 6.07) is 18.3. The SMILES string of the molecule is CCCCCCCc1[nH]c(Cc2ccc(CC(C)C)cc2)nc1-c1cccc(CCCCCC)c1. The van der Waals surface area contributed by atoms with Gasteiger partial charge < -0.3 is 4.98 Å². The summed E-state index contributed by atoms with van der Waals surface area (Å²) in [7, 11) is 0. The predicted octanol–water partition coefficient (Wildman–Crippen LogP) is 9.50. The number of aromatic amines is 1. The zero-order valence-corrected chi connectivity index (χ0v) is 22.8. The lowest BCUT2D eigenvalue weighted by Crippen LogP contribution is -1.96. The number of nitrogens with one attached hydrogen (secondary N) is 1. The highest BCUT2D eigenvalue weighted by molar-refractivity contribution is 5.63. The quantitative estimate of drug-likeness (QED) is 0.207. The molecule has 0 aliphatic rings. The fourth-order valence-corrected chi connectivity index (χ4v) is 4.96. The molecule has 0 saturated heterocycles. The van der Waals surface area contributed by atoms with Crippen molar-refractivity contribution in [3.05, 3.63) is 76.7 Å². The average molecular weight is 473 g/mol. The van der Waals surface area contributed by atoms with Crippen molar-refractivity contribution in [2.75, 3.05) is 0 Å². The first-order valence-electron chi connectivity index (χ1n) is 14.3. The second-order valence-electron chi connectivity index (χ2n) is 10.8. The number of nitrogens with zero attached hydrogens (tertiary/aromatic N) is 1. The second kappa shape index (κ2) is 14.9. The molecule has 35 heavy (non-hydrogen) atoms. The molecule has 0 fully saturated rings. The fraction of sp³-hybridized carbons (Fsp3) is 0.545. The summed E-state index contributed by atoms with van der Waals surface area (Å²) in [5, 5.41) is 0. The molecule has 2 aromatic carbocycles. The van der Waals surface area contributed by atoms with E-state index >= 15 is 0 Å². The minimum atomic E-state index is 0.691. The van der Waals surface area contributed by atoms with Gasteiger partial charge in [-0.05, 0) is 60.8 Å². The number of unbranched alkanes of at least 4 members (excludes halogenated alkanes) is 7. The molecule has 0 saturated carbocycles. The van der Waals surface area contributed by atoms with E-state index in [4.69, 9.17) is 4.98 Å². The van der Waals surface area contributed by atoms with Crippen molar-refractivity contribution >= 4 is 0 Å². The number of H-pyrrole nitrogens is 1. The summed E-state index contributed by atoms with van der Waals surface area (Å²) in [4.78, 5) is 8.89. The number of benzene rings is 2. The smallest absolute Gasteiger partial charge is 0.111 e. The van der Waals surface area contributed by atoms with Crippen molar-refractivity contribution < 1.29 is 0 Å². The van der Waals surface area contributed by atoms with E-state index < -0.39 is 0 Å². The van der Waals surface area contributed by atoms with Gasteiger partial charge in [0.15, 0.2) is 0 Å². The van der Waals surface area contributed by atoms with Crippen molar-refractivity contribution in [3.63, 3.8) is 0 Å². The van der Waals surface area contributed by atoms with E-state index in [2.05, 4.69) is 81.2 Å². The molecule has 3 rings (SSSR count). The molecule has 1 aromatic heterocycles. The van der Waals surface area contributed by atoms with Crippen molar-refractivity contribution in [2.45, 2.75) is 111 Å². The highest BCUT2D eigenvalue weighted by Crippen LogP contribution is 2.26. The standard InChI is InChI=1S/C33H48N2/c1-5-7-9-11-13-18-31-33(30-17-14-16-27(24-30)15-12-10-8-6-2)35-32(34-31)25-29-21-19-28(20-22-29)23-26(3)4/h14,16-17,19-22,24,26H,5-13,15,18,23,25H2,1-4H3,(H,34,35).